The number of ether oxygens (including phenoxy) is 1. The van der Waals surface area contributed by atoms with E-state index in [2.05, 4.69) is 24.1 Å². The largest absolute Gasteiger partial charge is 0.381 e. The molecule has 0 aromatic heterocycles. The molecule has 1 unspecified atom stereocenters. The van der Waals surface area contributed by atoms with Gasteiger partial charge in [0.2, 0.25) is 0 Å². The van der Waals surface area contributed by atoms with Crippen molar-refractivity contribution in [2.45, 2.75) is 45.6 Å². The normalized spacial score (nSPS) is 11.9. The first kappa shape index (κ1) is 13.5. The molecule has 14 heavy (non-hydrogen) atoms. The fourth-order valence-electron chi connectivity index (χ4n) is 1.28. The van der Waals surface area contributed by atoms with Crippen molar-refractivity contribution in [3.8, 4) is 11.8 Å². The van der Waals surface area contributed by atoms with Gasteiger partial charge in [0, 0.05) is 25.7 Å². The van der Waals surface area contributed by atoms with E-state index in [1.54, 1.807) is 0 Å². The summed E-state index contributed by atoms with van der Waals surface area (Å²) in [7, 11) is 2.00. The summed E-state index contributed by atoms with van der Waals surface area (Å²) in [6.07, 6.45) is 4.29. The summed E-state index contributed by atoms with van der Waals surface area (Å²) in [6.45, 7) is 5.76. The van der Waals surface area contributed by atoms with E-state index in [0.29, 0.717) is 6.04 Å². The van der Waals surface area contributed by atoms with Gasteiger partial charge in [-0.25, -0.2) is 0 Å². The van der Waals surface area contributed by atoms with Crippen LogP contribution >= 0.6 is 0 Å². The molecular formula is C12H23NO. The first-order valence-electron chi connectivity index (χ1n) is 5.49. The molecule has 0 aliphatic carbocycles. The molecule has 0 bridgehead atoms. The Morgan fingerprint density at radius 1 is 1.29 bits per heavy atom. The summed E-state index contributed by atoms with van der Waals surface area (Å²) >= 11 is 0. The van der Waals surface area contributed by atoms with Gasteiger partial charge in [-0.15, -0.1) is 11.8 Å². The fraction of sp³-hybridized carbons (Fsp3) is 0.833. The maximum Gasteiger partial charge on any atom is 0.0480 e. The Bertz CT molecular complexity index is 169. The quantitative estimate of drug-likeness (QED) is 0.476. The molecule has 2 heteroatoms. The van der Waals surface area contributed by atoms with Crippen LogP contribution in [0.3, 0.4) is 0 Å². The summed E-state index contributed by atoms with van der Waals surface area (Å²) in [4.78, 5) is 0. The van der Waals surface area contributed by atoms with E-state index >= 15 is 0 Å². The highest BCUT2D eigenvalue weighted by Crippen LogP contribution is 2.01. The molecule has 0 aliphatic heterocycles. The van der Waals surface area contributed by atoms with Crippen molar-refractivity contribution >= 4 is 0 Å². The first-order valence-corrected chi connectivity index (χ1v) is 5.49. The van der Waals surface area contributed by atoms with E-state index in [4.69, 9.17) is 4.74 Å². The number of hydrogen-bond donors (Lipinski definition) is 1. The van der Waals surface area contributed by atoms with E-state index in [-0.39, 0.29) is 0 Å². The standard InChI is InChI=1S/C12H23NO/c1-4-6-7-8-12(13-3)9-11-14-10-5-2/h12-13H,5,7-11H2,1-3H3. The number of hydrogen-bond acceptors (Lipinski definition) is 2. The van der Waals surface area contributed by atoms with Gasteiger partial charge in [0.15, 0.2) is 0 Å². The van der Waals surface area contributed by atoms with E-state index in [1.165, 1.54) is 0 Å². The van der Waals surface area contributed by atoms with Crippen LogP contribution in [0, 0.1) is 11.8 Å². The Morgan fingerprint density at radius 3 is 2.64 bits per heavy atom. The Labute approximate surface area is 88.4 Å². The van der Waals surface area contributed by atoms with Crippen molar-refractivity contribution in [2.75, 3.05) is 20.3 Å². The molecule has 0 rings (SSSR count). The van der Waals surface area contributed by atoms with Gasteiger partial charge >= 0.3 is 0 Å². The maximum absolute atomic E-state index is 5.45. The second-order valence-corrected chi connectivity index (χ2v) is 3.35. The fourth-order valence-corrected chi connectivity index (χ4v) is 1.28. The molecule has 82 valence electrons. The second kappa shape index (κ2) is 10.6. The number of rotatable bonds is 8. The maximum atomic E-state index is 5.45. The highest BCUT2D eigenvalue weighted by molar-refractivity contribution is 4.95. The van der Waals surface area contributed by atoms with Crippen molar-refractivity contribution in [3.63, 3.8) is 0 Å². The Morgan fingerprint density at radius 2 is 2.07 bits per heavy atom. The molecule has 0 saturated heterocycles. The molecule has 0 heterocycles. The Hall–Kier alpha value is -0.520. The summed E-state index contributed by atoms with van der Waals surface area (Å²) in [6, 6.07) is 0.549. The van der Waals surface area contributed by atoms with Gasteiger partial charge in [0.1, 0.15) is 0 Å². The minimum absolute atomic E-state index is 0.549. The van der Waals surface area contributed by atoms with Gasteiger partial charge in [-0.2, -0.15) is 0 Å². The van der Waals surface area contributed by atoms with Crippen LogP contribution in [0.15, 0.2) is 0 Å². The van der Waals surface area contributed by atoms with Crippen molar-refractivity contribution in [1.82, 2.24) is 5.32 Å². The molecule has 0 fully saturated rings. The van der Waals surface area contributed by atoms with Crippen molar-refractivity contribution in [2.24, 2.45) is 0 Å². The van der Waals surface area contributed by atoms with E-state index in [1.807, 2.05) is 14.0 Å². The lowest BCUT2D eigenvalue weighted by Crippen LogP contribution is -2.26. The van der Waals surface area contributed by atoms with Crippen LogP contribution in [0.2, 0.25) is 0 Å². The molecule has 0 aliphatic rings. The predicted molar refractivity (Wildman–Crippen MR) is 61.3 cm³/mol. The summed E-state index contributed by atoms with van der Waals surface area (Å²) < 4.78 is 5.45. The van der Waals surface area contributed by atoms with Gasteiger partial charge in [-0.3, -0.25) is 0 Å². The van der Waals surface area contributed by atoms with E-state index in [9.17, 15) is 0 Å². The molecule has 1 atom stereocenters. The minimum Gasteiger partial charge on any atom is -0.381 e. The van der Waals surface area contributed by atoms with Crippen molar-refractivity contribution < 1.29 is 4.74 Å². The lowest BCUT2D eigenvalue weighted by molar-refractivity contribution is 0.124. The monoisotopic (exact) mass is 197 g/mol. The van der Waals surface area contributed by atoms with Crippen LogP contribution in [0.4, 0.5) is 0 Å². The average Bonchev–Trinajstić information content (AvgIpc) is 2.22. The van der Waals surface area contributed by atoms with E-state index in [0.717, 1.165) is 38.9 Å². The zero-order valence-electron chi connectivity index (χ0n) is 9.73. The van der Waals surface area contributed by atoms with Gasteiger partial charge in [-0.05, 0) is 33.2 Å². The van der Waals surface area contributed by atoms with Crippen LogP contribution in [0.5, 0.6) is 0 Å². The topological polar surface area (TPSA) is 21.3 Å². The summed E-state index contributed by atoms with van der Waals surface area (Å²) in [5, 5.41) is 3.29. The minimum atomic E-state index is 0.549. The molecule has 0 saturated carbocycles. The molecule has 1 N–H and O–H groups in total. The highest BCUT2D eigenvalue weighted by Gasteiger charge is 2.03. The molecule has 0 radical (unpaired) electrons. The number of nitrogens with one attached hydrogen (secondary N) is 1. The zero-order valence-corrected chi connectivity index (χ0v) is 9.73. The van der Waals surface area contributed by atoms with Crippen LogP contribution in [-0.4, -0.2) is 26.3 Å². The molecule has 0 aromatic carbocycles. The van der Waals surface area contributed by atoms with Gasteiger partial charge in [0.25, 0.3) is 0 Å². The van der Waals surface area contributed by atoms with Gasteiger partial charge < -0.3 is 10.1 Å². The summed E-state index contributed by atoms with van der Waals surface area (Å²) in [5.74, 6) is 6.00. The third kappa shape index (κ3) is 8.10. The van der Waals surface area contributed by atoms with Crippen LogP contribution in [-0.2, 0) is 4.74 Å². The Kier molecular flexibility index (Phi) is 10.2. The molecular weight excluding hydrogens is 174 g/mol. The SMILES string of the molecule is CC#CCCC(CCOCCC)NC. The first-order chi connectivity index (χ1) is 6.85. The predicted octanol–water partition coefficient (Wildman–Crippen LogP) is 2.19. The van der Waals surface area contributed by atoms with Crippen molar-refractivity contribution in [1.29, 1.82) is 0 Å². The zero-order chi connectivity index (χ0) is 10.6. The van der Waals surface area contributed by atoms with Gasteiger partial charge in [-0.1, -0.05) is 6.92 Å². The smallest absolute Gasteiger partial charge is 0.0480 e. The van der Waals surface area contributed by atoms with Gasteiger partial charge in [0.05, 0.1) is 0 Å². The average molecular weight is 197 g/mol. The third-order valence-electron chi connectivity index (χ3n) is 2.16. The highest BCUT2D eigenvalue weighted by atomic mass is 16.5. The molecule has 2 nitrogen and oxygen atoms in total. The van der Waals surface area contributed by atoms with Crippen LogP contribution in [0.25, 0.3) is 0 Å². The summed E-state index contributed by atoms with van der Waals surface area (Å²) in [5.41, 5.74) is 0. The molecule has 0 amide bonds. The van der Waals surface area contributed by atoms with Crippen molar-refractivity contribution in [3.05, 3.63) is 0 Å². The Balaban J connectivity index is 3.41. The third-order valence-corrected chi connectivity index (χ3v) is 2.16. The molecule has 0 spiro atoms. The second-order valence-electron chi connectivity index (χ2n) is 3.35. The lowest BCUT2D eigenvalue weighted by atomic mass is 10.1. The molecule has 0 aromatic rings. The van der Waals surface area contributed by atoms with Crippen LogP contribution in [0.1, 0.15) is 39.5 Å². The van der Waals surface area contributed by atoms with E-state index < -0.39 is 0 Å². The lowest BCUT2D eigenvalue weighted by Gasteiger charge is -2.14. The van der Waals surface area contributed by atoms with Crippen LogP contribution < -0.4 is 5.32 Å².